The van der Waals surface area contributed by atoms with Gasteiger partial charge in [0.05, 0.1) is 0 Å². The third-order valence-electron chi connectivity index (χ3n) is 2.31. The van der Waals surface area contributed by atoms with Gasteiger partial charge in [0, 0.05) is 19.5 Å². The molecule has 1 unspecified atom stereocenters. The van der Waals surface area contributed by atoms with Crippen LogP contribution in [0.5, 0.6) is 0 Å². The largest absolute Gasteiger partial charge is 0.342 e. The highest BCUT2D eigenvalue weighted by Crippen LogP contribution is 2.18. The smallest absolute Gasteiger partial charge is 0.222 e. The predicted octanol–water partition coefficient (Wildman–Crippen LogP) is 1.57. The van der Waals surface area contributed by atoms with E-state index >= 15 is 0 Å². The number of carbonyl (C=O) groups is 1. The number of rotatable bonds is 2. The Labute approximate surface area is 67.9 Å². The average Bonchev–Trinajstić information content (AvgIpc) is 1.99. The average molecular weight is 153 g/mol. The Hall–Kier alpha value is -0.790. The Kier molecular flexibility index (Phi) is 2.69. The Bertz CT molecular complexity index is 165. The Morgan fingerprint density at radius 1 is 1.82 bits per heavy atom. The standard InChI is InChI=1S/C9H15NO/c1-3-5-8-6-4-7-9(11)10(8)2/h3,8H,1,4-7H2,2H3. The zero-order valence-electron chi connectivity index (χ0n) is 7.05. The summed E-state index contributed by atoms with van der Waals surface area (Å²) in [5.74, 6) is 0.281. The molecule has 1 amide bonds. The van der Waals surface area contributed by atoms with Crippen molar-refractivity contribution < 1.29 is 4.79 Å². The molecule has 1 fully saturated rings. The van der Waals surface area contributed by atoms with Crippen LogP contribution in [0.4, 0.5) is 0 Å². The van der Waals surface area contributed by atoms with Crippen LogP contribution in [-0.4, -0.2) is 23.9 Å². The van der Waals surface area contributed by atoms with E-state index in [2.05, 4.69) is 6.58 Å². The minimum atomic E-state index is 0.281. The fourth-order valence-corrected chi connectivity index (χ4v) is 1.53. The van der Waals surface area contributed by atoms with Crippen molar-refractivity contribution in [1.29, 1.82) is 0 Å². The maximum atomic E-state index is 11.2. The first-order valence-electron chi connectivity index (χ1n) is 4.12. The van der Waals surface area contributed by atoms with E-state index in [0.717, 1.165) is 25.7 Å². The SMILES string of the molecule is C=CCC1CCCC(=O)N1C. The van der Waals surface area contributed by atoms with Gasteiger partial charge in [-0.3, -0.25) is 4.79 Å². The van der Waals surface area contributed by atoms with Crippen LogP contribution < -0.4 is 0 Å². The summed E-state index contributed by atoms with van der Waals surface area (Å²) >= 11 is 0. The molecule has 0 bridgehead atoms. The van der Waals surface area contributed by atoms with Gasteiger partial charge in [-0.2, -0.15) is 0 Å². The van der Waals surface area contributed by atoms with E-state index in [-0.39, 0.29) is 5.91 Å². The number of hydrogen-bond donors (Lipinski definition) is 0. The zero-order chi connectivity index (χ0) is 8.27. The fourth-order valence-electron chi connectivity index (χ4n) is 1.53. The molecular weight excluding hydrogens is 138 g/mol. The van der Waals surface area contributed by atoms with E-state index in [4.69, 9.17) is 0 Å². The van der Waals surface area contributed by atoms with Crippen LogP contribution >= 0.6 is 0 Å². The monoisotopic (exact) mass is 153 g/mol. The topological polar surface area (TPSA) is 20.3 Å². The third kappa shape index (κ3) is 1.82. The molecule has 62 valence electrons. The van der Waals surface area contributed by atoms with Crippen LogP contribution in [0.25, 0.3) is 0 Å². The number of amides is 1. The van der Waals surface area contributed by atoms with Crippen molar-refractivity contribution in [3.8, 4) is 0 Å². The zero-order valence-corrected chi connectivity index (χ0v) is 7.05. The molecule has 0 N–H and O–H groups in total. The molecule has 2 nitrogen and oxygen atoms in total. The molecule has 1 saturated heterocycles. The quantitative estimate of drug-likeness (QED) is 0.551. The van der Waals surface area contributed by atoms with Crippen molar-refractivity contribution in [3.05, 3.63) is 12.7 Å². The summed E-state index contributed by atoms with van der Waals surface area (Å²) in [6, 6.07) is 0.411. The van der Waals surface area contributed by atoms with Crippen LogP contribution in [0, 0.1) is 0 Å². The van der Waals surface area contributed by atoms with Crippen LogP contribution in [0.15, 0.2) is 12.7 Å². The third-order valence-corrected chi connectivity index (χ3v) is 2.31. The van der Waals surface area contributed by atoms with Gasteiger partial charge >= 0.3 is 0 Å². The second-order valence-electron chi connectivity index (χ2n) is 3.08. The van der Waals surface area contributed by atoms with Crippen molar-refractivity contribution in [2.24, 2.45) is 0 Å². The number of likely N-dealkylation sites (tertiary alicyclic amines) is 1. The van der Waals surface area contributed by atoms with Crippen LogP contribution in [0.1, 0.15) is 25.7 Å². The maximum Gasteiger partial charge on any atom is 0.222 e. The van der Waals surface area contributed by atoms with Gasteiger partial charge in [-0.15, -0.1) is 6.58 Å². The minimum Gasteiger partial charge on any atom is -0.342 e. The number of hydrogen-bond acceptors (Lipinski definition) is 1. The molecule has 1 heterocycles. The van der Waals surface area contributed by atoms with Gasteiger partial charge in [-0.05, 0) is 19.3 Å². The molecule has 0 radical (unpaired) electrons. The van der Waals surface area contributed by atoms with E-state index in [1.807, 2.05) is 18.0 Å². The normalized spacial score (nSPS) is 25.4. The molecule has 1 atom stereocenters. The first-order chi connectivity index (χ1) is 5.25. The summed E-state index contributed by atoms with van der Waals surface area (Å²) in [5.41, 5.74) is 0. The summed E-state index contributed by atoms with van der Waals surface area (Å²) in [6.07, 6.45) is 5.72. The Balaban J connectivity index is 2.50. The molecule has 11 heavy (non-hydrogen) atoms. The van der Waals surface area contributed by atoms with Crippen molar-refractivity contribution in [2.75, 3.05) is 7.05 Å². The Morgan fingerprint density at radius 3 is 3.18 bits per heavy atom. The summed E-state index contributed by atoms with van der Waals surface area (Å²) in [7, 11) is 1.88. The van der Waals surface area contributed by atoms with Gasteiger partial charge in [0.1, 0.15) is 0 Å². The molecule has 0 aromatic heterocycles. The molecule has 0 spiro atoms. The van der Waals surface area contributed by atoms with Gasteiger partial charge in [0.15, 0.2) is 0 Å². The van der Waals surface area contributed by atoms with Gasteiger partial charge in [0.25, 0.3) is 0 Å². The van der Waals surface area contributed by atoms with Crippen molar-refractivity contribution in [1.82, 2.24) is 4.90 Å². The molecule has 0 saturated carbocycles. The van der Waals surface area contributed by atoms with Gasteiger partial charge in [-0.1, -0.05) is 6.08 Å². The summed E-state index contributed by atoms with van der Waals surface area (Å²) < 4.78 is 0. The van der Waals surface area contributed by atoms with E-state index in [1.54, 1.807) is 0 Å². The van der Waals surface area contributed by atoms with E-state index in [0.29, 0.717) is 6.04 Å². The van der Waals surface area contributed by atoms with Crippen molar-refractivity contribution in [3.63, 3.8) is 0 Å². The molecule has 1 aliphatic heterocycles. The highest BCUT2D eigenvalue weighted by Gasteiger charge is 2.22. The lowest BCUT2D eigenvalue weighted by atomic mass is 10.00. The molecule has 1 aliphatic rings. The van der Waals surface area contributed by atoms with Crippen molar-refractivity contribution >= 4 is 5.91 Å². The minimum absolute atomic E-state index is 0.281. The number of nitrogens with zero attached hydrogens (tertiary/aromatic N) is 1. The number of carbonyl (C=O) groups excluding carboxylic acids is 1. The molecule has 0 aliphatic carbocycles. The molecule has 1 rings (SSSR count). The summed E-state index contributed by atoms with van der Waals surface area (Å²) in [4.78, 5) is 13.0. The van der Waals surface area contributed by atoms with E-state index in [1.165, 1.54) is 0 Å². The summed E-state index contributed by atoms with van der Waals surface area (Å²) in [6.45, 7) is 3.68. The second-order valence-corrected chi connectivity index (χ2v) is 3.08. The highest BCUT2D eigenvalue weighted by atomic mass is 16.2. The first-order valence-corrected chi connectivity index (χ1v) is 4.12. The van der Waals surface area contributed by atoms with Crippen LogP contribution in [0.2, 0.25) is 0 Å². The predicted molar refractivity (Wildman–Crippen MR) is 45.2 cm³/mol. The van der Waals surface area contributed by atoms with Gasteiger partial charge in [0.2, 0.25) is 5.91 Å². The molecule has 2 heteroatoms. The van der Waals surface area contributed by atoms with Crippen LogP contribution in [-0.2, 0) is 4.79 Å². The lowest BCUT2D eigenvalue weighted by Gasteiger charge is -2.31. The second kappa shape index (κ2) is 3.56. The Morgan fingerprint density at radius 2 is 2.55 bits per heavy atom. The molecule has 0 aromatic carbocycles. The van der Waals surface area contributed by atoms with Gasteiger partial charge < -0.3 is 4.90 Å². The molecular formula is C9H15NO. The lowest BCUT2D eigenvalue weighted by molar-refractivity contribution is -0.134. The maximum absolute atomic E-state index is 11.2. The fraction of sp³-hybridized carbons (Fsp3) is 0.667. The van der Waals surface area contributed by atoms with Crippen molar-refractivity contribution in [2.45, 2.75) is 31.7 Å². The van der Waals surface area contributed by atoms with E-state index < -0.39 is 0 Å². The highest BCUT2D eigenvalue weighted by molar-refractivity contribution is 5.76. The summed E-state index contributed by atoms with van der Waals surface area (Å²) in [5, 5.41) is 0. The molecule has 0 aromatic rings. The first kappa shape index (κ1) is 8.31. The van der Waals surface area contributed by atoms with Gasteiger partial charge in [-0.25, -0.2) is 0 Å². The van der Waals surface area contributed by atoms with Crippen LogP contribution in [0.3, 0.4) is 0 Å². The lowest BCUT2D eigenvalue weighted by Crippen LogP contribution is -2.40. The number of piperidine rings is 1. The van der Waals surface area contributed by atoms with E-state index in [9.17, 15) is 4.79 Å².